The molecule has 1 aromatic rings. The van der Waals surface area contributed by atoms with Crippen LogP contribution in [0.5, 0.6) is 0 Å². The molecule has 1 rings (SSSR count). The van der Waals surface area contributed by atoms with Gasteiger partial charge in [0.15, 0.2) is 0 Å². The molecule has 124 valence electrons. The summed E-state index contributed by atoms with van der Waals surface area (Å²) in [7, 11) is 0. The van der Waals surface area contributed by atoms with Crippen LogP contribution in [0, 0.1) is 13.8 Å². The summed E-state index contributed by atoms with van der Waals surface area (Å²) in [6.07, 6.45) is -0.643. The van der Waals surface area contributed by atoms with E-state index < -0.39 is 23.7 Å². The Bertz CT molecular complexity index is 531. The van der Waals surface area contributed by atoms with E-state index in [1.54, 1.807) is 32.4 Å². The average Bonchev–Trinajstić information content (AvgIpc) is 2.65. The zero-order chi connectivity index (χ0) is 16.9. The summed E-state index contributed by atoms with van der Waals surface area (Å²) in [5, 5.41) is 6.72. The number of carbonyl (C=O) groups is 2. The van der Waals surface area contributed by atoms with Crippen LogP contribution in [0.15, 0.2) is 6.07 Å². The van der Waals surface area contributed by atoms with Crippen LogP contribution < -0.4 is 5.32 Å². The van der Waals surface area contributed by atoms with Crippen molar-refractivity contribution in [3.63, 3.8) is 0 Å². The molecule has 0 fully saturated rings. The Kier molecular flexibility index (Phi) is 5.96. The lowest BCUT2D eigenvalue weighted by molar-refractivity contribution is -0.146. The molecule has 22 heavy (non-hydrogen) atoms. The minimum atomic E-state index is -0.768. The lowest BCUT2D eigenvalue weighted by Gasteiger charge is -2.21. The number of alkyl carbamates (subject to hydrolysis) is 1. The average molecular weight is 311 g/mol. The number of aromatic nitrogens is 2. The number of esters is 1. The lowest BCUT2D eigenvalue weighted by Crippen LogP contribution is -2.42. The van der Waals surface area contributed by atoms with Crippen molar-refractivity contribution in [3.05, 3.63) is 17.5 Å². The first kappa shape index (κ1) is 18.0. The number of hydrogen-bond acceptors (Lipinski definition) is 5. The molecule has 0 aliphatic rings. The fourth-order valence-corrected chi connectivity index (χ4v) is 1.80. The van der Waals surface area contributed by atoms with E-state index >= 15 is 0 Å². The van der Waals surface area contributed by atoms with Gasteiger partial charge < -0.3 is 14.8 Å². The van der Waals surface area contributed by atoms with Crippen LogP contribution >= 0.6 is 0 Å². The van der Waals surface area contributed by atoms with Gasteiger partial charge in [0.2, 0.25) is 0 Å². The monoisotopic (exact) mass is 311 g/mol. The minimum absolute atomic E-state index is 0.196. The SMILES string of the molecule is Cc1cc(C)n(CCOC(=O)C(C)NC(=O)OC(C)(C)C)n1. The maximum Gasteiger partial charge on any atom is 0.408 e. The van der Waals surface area contributed by atoms with Crippen molar-refractivity contribution in [1.29, 1.82) is 0 Å². The van der Waals surface area contributed by atoms with Crippen LogP contribution in [0.4, 0.5) is 4.79 Å². The maximum atomic E-state index is 11.8. The van der Waals surface area contributed by atoms with E-state index in [1.807, 2.05) is 19.9 Å². The second kappa shape index (κ2) is 7.29. The molecule has 0 saturated heterocycles. The molecule has 1 N–H and O–H groups in total. The minimum Gasteiger partial charge on any atom is -0.462 e. The Morgan fingerprint density at radius 1 is 1.36 bits per heavy atom. The molecule has 0 bridgehead atoms. The molecule has 7 heteroatoms. The molecule has 0 aromatic carbocycles. The van der Waals surface area contributed by atoms with Gasteiger partial charge >= 0.3 is 12.1 Å². The van der Waals surface area contributed by atoms with Gasteiger partial charge in [-0.3, -0.25) is 4.68 Å². The Labute approximate surface area is 131 Å². The first-order chi connectivity index (χ1) is 10.1. The number of amides is 1. The number of nitrogens with zero attached hydrogens (tertiary/aromatic N) is 2. The summed E-state index contributed by atoms with van der Waals surface area (Å²) in [6.45, 7) is 11.3. The molecule has 1 unspecified atom stereocenters. The van der Waals surface area contributed by atoms with Crippen LogP contribution in [0.2, 0.25) is 0 Å². The molecular weight excluding hydrogens is 286 g/mol. The van der Waals surface area contributed by atoms with E-state index in [1.165, 1.54) is 0 Å². The van der Waals surface area contributed by atoms with Gasteiger partial charge in [-0.05, 0) is 47.6 Å². The number of rotatable bonds is 5. The van der Waals surface area contributed by atoms with Crippen LogP contribution in [0.3, 0.4) is 0 Å². The van der Waals surface area contributed by atoms with E-state index in [9.17, 15) is 9.59 Å². The van der Waals surface area contributed by atoms with Gasteiger partial charge in [-0.25, -0.2) is 9.59 Å². The highest BCUT2D eigenvalue weighted by Crippen LogP contribution is 2.07. The first-order valence-corrected chi connectivity index (χ1v) is 7.25. The Hall–Kier alpha value is -2.05. The number of hydrogen-bond donors (Lipinski definition) is 1. The van der Waals surface area contributed by atoms with Crippen LogP contribution in [-0.2, 0) is 20.8 Å². The number of nitrogens with one attached hydrogen (secondary N) is 1. The molecule has 0 saturated carbocycles. The zero-order valence-corrected chi connectivity index (χ0v) is 14.1. The van der Waals surface area contributed by atoms with E-state index in [-0.39, 0.29) is 6.61 Å². The van der Waals surface area contributed by atoms with Gasteiger partial charge in [0.25, 0.3) is 0 Å². The van der Waals surface area contributed by atoms with E-state index in [0.717, 1.165) is 11.4 Å². The summed E-state index contributed by atoms with van der Waals surface area (Å²) < 4.78 is 12.0. The third kappa shape index (κ3) is 6.15. The second-order valence-electron chi connectivity index (χ2n) is 6.19. The predicted molar refractivity (Wildman–Crippen MR) is 81.5 cm³/mol. The second-order valence-corrected chi connectivity index (χ2v) is 6.19. The highest BCUT2D eigenvalue weighted by molar-refractivity contribution is 5.80. The van der Waals surface area contributed by atoms with Crippen LogP contribution in [-0.4, -0.2) is 40.1 Å². The van der Waals surface area contributed by atoms with E-state index in [0.29, 0.717) is 6.54 Å². The smallest absolute Gasteiger partial charge is 0.408 e. The van der Waals surface area contributed by atoms with Crippen molar-refractivity contribution >= 4 is 12.1 Å². The van der Waals surface area contributed by atoms with Crippen LogP contribution in [0.1, 0.15) is 39.1 Å². The molecule has 1 aromatic heterocycles. The Balaban J connectivity index is 2.35. The first-order valence-electron chi connectivity index (χ1n) is 7.25. The van der Waals surface area contributed by atoms with Crippen molar-refractivity contribution in [2.24, 2.45) is 0 Å². The molecule has 0 aliphatic carbocycles. The standard InChI is InChI=1S/C15H25N3O4/c1-10-9-11(2)18(17-10)7-8-21-13(19)12(3)16-14(20)22-15(4,5)6/h9,12H,7-8H2,1-6H3,(H,16,20). The summed E-state index contributed by atoms with van der Waals surface area (Å²) >= 11 is 0. The molecule has 1 atom stereocenters. The highest BCUT2D eigenvalue weighted by atomic mass is 16.6. The normalized spacial score (nSPS) is 12.6. The van der Waals surface area contributed by atoms with Crippen molar-refractivity contribution < 1.29 is 19.1 Å². The maximum absolute atomic E-state index is 11.8. The molecule has 1 amide bonds. The predicted octanol–water partition coefficient (Wildman–Crippen LogP) is 1.96. The fraction of sp³-hybridized carbons (Fsp3) is 0.667. The molecule has 7 nitrogen and oxygen atoms in total. The molecule has 0 spiro atoms. The summed E-state index contributed by atoms with van der Waals surface area (Å²) in [5.74, 6) is -0.507. The summed E-state index contributed by atoms with van der Waals surface area (Å²) in [4.78, 5) is 23.4. The van der Waals surface area contributed by atoms with Crippen LogP contribution in [0.25, 0.3) is 0 Å². The van der Waals surface area contributed by atoms with E-state index in [4.69, 9.17) is 9.47 Å². The fourth-order valence-electron chi connectivity index (χ4n) is 1.80. The van der Waals surface area contributed by atoms with Gasteiger partial charge in [-0.1, -0.05) is 0 Å². The van der Waals surface area contributed by atoms with E-state index in [2.05, 4.69) is 10.4 Å². The molecule has 1 heterocycles. The lowest BCUT2D eigenvalue weighted by atomic mass is 10.2. The van der Waals surface area contributed by atoms with Gasteiger partial charge in [0, 0.05) is 5.69 Å². The van der Waals surface area contributed by atoms with Gasteiger partial charge in [0.05, 0.1) is 12.2 Å². The van der Waals surface area contributed by atoms with Crippen molar-refractivity contribution in [2.45, 2.75) is 59.7 Å². The van der Waals surface area contributed by atoms with Gasteiger partial charge in [-0.2, -0.15) is 5.10 Å². The summed E-state index contributed by atoms with van der Waals surface area (Å²) in [5.41, 5.74) is 1.32. The Morgan fingerprint density at radius 2 is 2.00 bits per heavy atom. The largest absolute Gasteiger partial charge is 0.462 e. The third-order valence-electron chi connectivity index (χ3n) is 2.74. The van der Waals surface area contributed by atoms with Gasteiger partial charge in [-0.15, -0.1) is 0 Å². The summed E-state index contributed by atoms with van der Waals surface area (Å²) in [6, 6.07) is 1.18. The van der Waals surface area contributed by atoms with Crippen molar-refractivity contribution in [3.8, 4) is 0 Å². The molecule has 0 aliphatic heterocycles. The Morgan fingerprint density at radius 3 is 2.50 bits per heavy atom. The number of aryl methyl sites for hydroxylation is 2. The van der Waals surface area contributed by atoms with Crippen molar-refractivity contribution in [2.75, 3.05) is 6.61 Å². The van der Waals surface area contributed by atoms with Gasteiger partial charge in [0.1, 0.15) is 18.2 Å². The topological polar surface area (TPSA) is 82.5 Å². The molecular formula is C15H25N3O4. The highest BCUT2D eigenvalue weighted by Gasteiger charge is 2.21. The number of ether oxygens (including phenoxy) is 2. The molecule has 0 radical (unpaired) electrons. The quantitative estimate of drug-likeness (QED) is 0.841. The third-order valence-corrected chi connectivity index (χ3v) is 2.74. The zero-order valence-electron chi connectivity index (χ0n) is 14.1. The number of carbonyl (C=O) groups excluding carboxylic acids is 2. The van der Waals surface area contributed by atoms with Crippen molar-refractivity contribution in [1.82, 2.24) is 15.1 Å².